The first-order valence-electron chi connectivity index (χ1n) is 6.95. The summed E-state index contributed by atoms with van der Waals surface area (Å²) in [5.41, 5.74) is 6.10. The number of aryl methyl sites for hydroxylation is 1. The third kappa shape index (κ3) is 4.43. The minimum atomic E-state index is -0.497. The van der Waals surface area contributed by atoms with E-state index in [1.165, 1.54) is 43.9 Å². The average Bonchev–Trinajstić information content (AvgIpc) is 2.82. The highest BCUT2D eigenvalue weighted by molar-refractivity contribution is 7.99. The second-order valence-corrected chi connectivity index (χ2v) is 6.35. The molecule has 0 aliphatic heterocycles. The quantitative estimate of drug-likeness (QED) is 0.757. The van der Waals surface area contributed by atoms with E-state index >= 15 is 0 Å². The van der Waals surface area contributed by atoms with Crippen LogP contribution in [0, 0.1) is 5.92 Å². The van der Waals surface area contributed by atoms with Crippen LogP contribution >= 0.6 is 11.8 Å². The highest BCUT2D eigenvalue weighted by Gasteiger charge is 2.22. The van der Waals surface area contributed by atoms with Crippen LogP contribution in [0.25, 0.3) is 0 Å². The van der Waals surface area contributed by atoms with E-state index in [1.807, 2.05) is 0 Å². The summed E-state index contributed by atoms with van der Waals surface area (Å²) in [6, 6.07) is -0.142. The summed E-state index contributed by atoms with van der Waals surface area (Å²) >= 11 is 1.45. The van der Waals surface area contributed by atoms with E-state index in [4.69, 9.17) is 5.73 Å². The average molecular weight is 285 g/mol. The highest BCUT2D eigenvalue weighted by Crippen LogP contribution is 2.28. The van der Waals surface area contributed by atoms with Gasteiger partial charge in [0.1, 0.15) is 0 Å². The predicted molar refractivity (Wildman–Crippen MR) is 74.7 cm³/mol. The zero-order valence-corrected chi connectivity index (χ0v) is 12.2. The van der Waals surface area contributed by atoms with Gasteiger partial charge in [-0.05, 0) is 22.8 Å². The molecule has 1 fully saturated rings. The Hall–Kier alpha value is -0.660. The van der Waals surface area contributed by atoms with Crippen LogP contribution in [0.2, 0.25) is 0 Å². The Morgan fingerprint density at radius 2 is 2.16 bits per heavy atom. The van der Waals surface area contributed by atoms with Crippen LogP contribution in [0.1, 0.15) is 38.5 Å². The lowest BCUT2D eigenvalue weighted by atomic mass is 9.84. The zero-order valence-electron chi connectivity index (χ0n) is 11.4. The van der Waals surface area contributed by atoms with E-state index in [0.717, 1.165) is 6.42 Å². The summed E-state index contributed by atoms with van der Waals surface area (Å²) in [5.74, 6) is 1.24. The summed E-state index contributed by atoms with van der Waals surface area (Å²) in [7, 11) is 1.79. The lowest BCUT2D eigenvalue weighted by molar-refractivity contribution is 0.147. The van der Waals surface area contributed by atoms with Crippen molar-refractivity contribution in [3.05, 3.63) is 0 Å². The first-order valence-corrected chi connectivity index (χ1v) is 7.94. The Balaban J connectivity index is 1.72. The van der Waals surface area contributed by atoms with Gasteiger partial charge in [-0.1, -0.05) is 43.9 Å². The maximum atomic E-state index is 10.1. The smallest absolute Gasteiger partial charge is 0.209 e. The number of aromatic nitrogens is 4. The largest absolute Gasteiger partial charge is 0.391 e. The fraction of sp³-hybridized carbons (Fsp3) is 0.917. The van der Waals surface area contributed by atoms with Gasteiger partial charge in [-0.3, -0.25) is 0 Å². The van der Waals surface area contributed by atoms with Crippen molar-refractivity contribution in [3.8, 4) is 0 Å². The molecule has 19 heavy (non-hydrogen) atoms. The van der Waals surface area contributed by atoms with Gasteiger partial charge < -0.3 is 10.8 Å². The number of thioether (sulfide) groups is 1. The number of hydrogen-bond donors (Lipinski definition) is 2. The molecule has 1 heterocycles. The Labute approximate surface area is 118 Å². The number of rotatable bonds is 6. The maximum absolute atomic E-state index is 10.1. The highest BCUT2D eigenvalue weighted by atomic mass is 32.2. The van der Waals surface area contributed by atoms with Gasteiger partial charge in [0.25, 0.3) is 0 Å². The molecule has 1 aromatic rings. The molecule has 1 unspecified atom stereocenters. The van der Waals surface area contributed by atoms with Gasteiger partial charge in [-0.15, -0.1) is 5.10 Å². The molecule has 108 valence electrons. The number of nitrogens with zero attached hydrogens (tertiary/aromatic N) is 4. The van der Waals surface area contributed by atoms with E-state index < -0.39 is 6.10 Å². The summed E-state index contributed by atoms with van der Waals surface area (Å²) in [4.78, 5) is 0. The molecule has 0 aromatic carbocycles. The van der Waals surface area contributed by atoms with Gasteiger partial charge in [0.05, 0.1) is 6.10 Å². The van der Waals surface area contributed by atoms with Gasteiger partial charge in [0.15, 0.2) is 0 Å². The van der Waals surface area contributed by atoms with Crippen molar-refractivity contribution in [1.82, 2.24) is 20.2 Å². The van der Waals surface area contributed by atoms with Crippen molar-refractivity contribution in [1.29, 1.82) is 0 Å². The van der Waals surface area contributed by atoms with Crippen LogP contribution in [0.5, 0.6) is 0 Å². The molecule has 1 aliphatic carbocycles. The third-order valence-electron chi connectivity index (χ3n) is 3.79. The monoisotopic (exact) mass is 285 g/mol. The second kappa shape index (κ2) is 7.21. The predicted octanol–water partition coefficient (Wildman–Crippen LogP) is 0.961. The van der Waals surface area contributed by atoms with Crippen molar-refractivity contribution in [2.75, 3.05) is 5.75 Å². The van der Waals surface area contributed by atoms with Crippen molar-refractivity contribution in [2.24, 2.45) is 18.7 Å². The molecule has 7 heteroatoms. The van der Waals surface area contributed by atoms with Crippen LogP contribution in [-0.2, 0) is 7.05 Å². The van der Waals surface area contributed by atoms with Crippen molar-refractivity contribution in [2.45, 2.75) is 55.8 Å². The molecule has 2 atom stereocenters. The van der Waals surface area contributed by atoms with E-state index in [2.05, 4.69) is 15.5 Å². The summed E-state index contributed by atoms with van der Waals surface area (Å²) in [6.45, 7) is 0. The molecule has 6 nitrogen and oxygen atoms in total. The maximum Gasteiger partial charge on any atom is 0.209 e. The number of aliphatic hydroxyl groups excluding tert-OH is 1. The topological polar surface area (TPSA) is 89.8 Å². The van der Waals surface area contributed by atoms with Crippen molar-refractivity contribution < 1.29 is 5.11 Å². The van der Waals surface area contributed by atoms with E-state index in [0.29, 0.717) is 16.8 Å². The van der Waals surface area contributed by atoms with Gasteiger partial charge in [-0.25, -0.2) is 4.68 Å². The van der Waals surface area contributed by atoms with Crippen LogP contribution in [0.3, 0.4) is 0 Å². The fourth-order valence-electron chi connectivity index (χ4n) is 2.59. The molecule has 0 saturated heterocycles. The van der Waals surface area contributed by atoms with E-state index in [-0.39, 0.29) is 6.04 Å². The normalized spacial score (nSPS) is 20.4. The second-order valence-electron chi connectivity index (χ2n) is 5.37. The Kier molecular flexibility index (Phi) is 5.59. The molecular weight excluding hydrogens is 262 g/mol. The third-order valence-corrected chi connectivity index (χ3v) is 4.90. The SMILES string of the molecule is Cn1nnnc1SCC(O)[C@@H](N)CC1CCCCC1. The fourth-order valence-corrected chi connectivity index (χ4v) is 3.48. The van der Waals surface area contributed by atoms with Crippen LogP contribution < -0.4 is 5.73 Å². The van der Waals surface area contributed by atoms with Crippen molar-refractivity contribution >= 4 is 11.8 Å². The molecule has 1 aliphatic rings. The van der Waals surface area contributed by atoms with Crippen molar-refractivity contribution in [3.63, 3.8) is 0 Å². The summed E-state index contributed by atoms with van der Waals surface area (Å²) < 4.78 is 1.60. The molecule has 0 spiro atoms. The molecule has 1 aromatic heterocycles. The number of nitrogens with two attached hydrogens (primary N) is 1. The molecule has 0 amide bonds. The van der Waals surface area contributed by atoms with Crippen LogP contribution in [0.15, 0.2) is 5.16 Å². The van der Waals surface area contributed by atoms with Gasteiger partial charge in [-0.2, -0.15) is 0 Å². The van der Waals surface area contributed by atoms with E-state index in [9.17, 15) is 5.11 Å². The summed E-state index contributed by atoms with van der Waals surface area (Å²) in [5, 5.41) is 22.0. The number of tetrazole rings is 1. The standard InChI is InChI=1S/C12H23N5OS/c1-17-12(14-15-16-17)19-8-11(18)10(13)7-9-5-3-2-4-6-9/h9-11,18H,2-8,13H2,1H3/t10-,11?/m0/s1. The Morgan fingerprint density at radius 1 is 1.42 bits per heavy atom. The minimum Gasteiger partial charge on any atom is -0.391 e. The molecule has 0 bridgehead atoms. The zero-order chi connectivity index (χ0) is 13.7. The molecular formula is C12H23N5OS. The Bertz CT molecular complexity index is 380. The van der Waals surface area contributed by atoms with E-state index in [1.54, 1.807) is 11.7 Å². The first-order chi connectivity index (χ1) is 9.16. The molecule has 1 saturated carbocycles. The lowest BCUT2D eigenvalue weighted by Gasteiger charge is -2.26. The van der Waals surface area contributed by atoms with Gasteiger partial charge in [0.2, 0.25) is 5.16 Å². The molecule has 0 radical (unpaired) electrons. The lowest BCUT2D eigenvalue weighted by Crippen LogP contribution is -2.38. The molecule has 2 rings (SSSR count). The number of hydrogen-bond acceptors (Lipinski definition) is 6. The molecule has 3 N–H and O–H groups in total. The summed E-state index contributed by atoms with van der Waals surface area (Å²) in [6.07, 6.45) is 6.94. The minimum absolute atomic E-state index is 0.142. The number of aliphatic hydroxyl groups is 1. The first kappa shape index (κ1) is 14.7. The van der Waals surface area contributed by atoms with Crippen LogP contribution in [-0.4, -0.2) is 43.2 Å². The Morgan fingerprint density at radius 3 is 2.79 bits per heavy atom. The van der Waals surface area contributed by atoms with Gasteiger partial charge in [0, 0.05) is 18.8 Å². The van der Waals surface area contributed by atoms with Gasteiger partial charge >= 0.3 is 0 Å². The van der Waals surface area contributed by atoms with Crippen LogP contribution in [0.4, 0.5) is 0 Å².